The molecule has 6 heteroatoms. The maximum absolute atomic E-state index is 12.3. The van der Waals surface area contributed by atoms with Gasteiger partial charge in [0.1, 0.15) is 0 Å². The van der Waals surface area contributed by atoms with Gasteiger partial charge >= 0.3 is 0 Å². The number of anilines is 2. The van der Waals surface area contributed by atoms with E-state index >= 15 is 0 Å². The Morgan fingerprint density at radius 3 is 2.17 bits per heavy atom. The van der Waals surface area contributed by atoms with Crippen LogP contribution in [0.25, 0.3) is 0 Å². The Morgan fingerprint density at radius 2 is 1.65 bits per heavy atom. The highest BCUT2D eigenvalue weighted by molar-refractivity contribution is 6.40. The minimum Gasteiger partial charge on any atom is -0.334 e. The molecule has 0 spiro atoms. The lowest BCUT2D eigenvalue weighted by molar-refractivity contribution is 0.102. The van der Waals surface area contributed by atoms with E-state index in [1.807, 2.05) is 43.1 Å². The van der Waals surface area contributed by atoms with E-state index in [-0.39, 0.29) is 11.5 Å². The third kappa shape index (κ3) is 4.03. The van der Waals surface area contributed by atoms with Crippen LogP contribution in [0.1, 0.15) is 17.3 Å². The summed E-state index contributed by atoms with van der Waals surface area (Å²) in [5, 5.41) is 3.43. The van der Waals surface area contributed by atoms with Crippen molar-refractivity contribution in [2.45, 2.75) is 6.92 Å². The number of amides is 1. The van der Waals surface area contributed by atoms with Gasteiger partial charge in [0.2, 0.25) is 0 Å². The van der Waals surface area contributed by atoms with Gasteiger partial charge in [-0.2, -0.15) is 0 Å². The van der Waals surface area contributed by atoms with Gasteiger partial charge in [0.05, 0.1) is 21.4 Å². The summed E-state index contributed by atoms with van der Waals surface area (Å²) < 4.78 is 0. The van der Waals surface area contributed by atoms with Crippen LogP contribution in [-0.4, -0.2) is 25.8 Å². The summed E-state index contributed by atoms with van der Waals surface area (Å²) in [4.78, 5) is 18.4. The van der Waals surface area contributed by atoms with Crippen LogP contribution in [0.15, 0.2) is 47.5 Å². The van der Waals surface area contributed by atoms with Crippen molar-refractivity contribution in [3.05, 3.63) is 58.1 Å². The van der Waals surface area contributed by atoms with Crippen LogP contribution in [0.4, 0.5) is 11.4 Å². The number of hydrogen-bond donors (Lipinski definition) is 1. The molecule has 23 heavy (non-hydrogen) atoms. The fraction of sp³-hybridized carbons (Fsp3) is 0.176. The quantitative estimate of drug-likeness (QED) is 0.642. The molecule has 0 atom stereocenters. The zero-order valence-corrected chi connectivity index (χ0v) is 14.6. The van der Waals surface area contributed by atoms with E-state index in [2.05, 4.69) is 10.3 Å². The number of carbonyl (C=O) groups is 1. The maximum atomic E-state index is 12.3. The van der Waals surface area contributed by atoms with Gasteiger partial charge in [0.15, 0.2) is 0 Å². The molecule has 2 aromatic carbocycles. The molecular weight excluding hydrogens is 333 g/mol. The second kappa shape index (κ2) is 7.49. The van der Waals surface area contributed by atoms with Crippen LogP contribution in [0.5, 0.6) is 0 Å². The van der Waals surface area contributed by atoms with Gasteiger partial charge in [0.25, 0.3) is 5.91 Å². The van der Waals surface area contributed by atoms with Gasteiger partial charge in [0, 0.05) is 25.5 Å². The van der Waals surface area contributed by atoms with Crippen LogP contribution < -0.4 is 10.2 Å². The van der Waals surface area contributed by atoms with Crippen molar-refractivity contribution in [3.63, 3.8) is 0 Å². The van der Waals surface area contributed by atoms with E-state index in [9.17, 15) is 4.79 Å². The zero-order valence-electron chi connectivity index (χ0n) is 13.1. The molecule has 0 unspecified atom stereocenters. The summed E-state index contributed by atoms with van der Waals surface area (Å²) >= 11 is 12.1. The van der Waals surface area contributed by atoms with E-state index in [1.165, 1.54) is 0 Å². The Kier molecular flexibility index (Phi) is 5.64. The molecule has 1 amide bonds. The molecule has 0 aliphatic carbocycles. The van der Waals surface area contributed by atoms with Gasteiger partial charge in [-0.15, -0.1) is 0 Å². The lowest BCUT2D eigenvalue weighted by Crippen LogP contribution is -2.23. The molecule has 0 bridgehead atoms. The van der Waals surface area contributed by atoms with Gasteiger partial charge in [-0.1, -0.05) is 29.3 Å². The lowest BCUT2D eigenvalue weighted by atomic mass is 10.2. The summed E-state index contributed by atoms with van der Waals surface area (Å²) in [5.74, 6) is 0.553. The smallest absolute Gasteiger partial charge is 0.258 e. The van der Waals surface area contributed by atoms with Crippen LogP contribution >= 0.6 is 23.2 Å². The van der Waals surface area contributed by atoms with Gasteiger partial charge < -0.3 is 10.2 Å². The third-order valence-corrected chi connectivity index (χ3v) is 4.14. The molecule has 0 aliphatic heterocycles. The van der Waals surface area contributed by atoms with Crippen LogP contribution in [0, 0.1) is 0 Å². The number of nitrogens with zero attached hydrogens (tertiary/aromatic N) is 2. The van der Waals surface area contributed by atoms with Crippen molar-refractivity contribution in [1.82, 2.24) is 0 Å². The Labute approximate surface area is 145 Å². The Bertz CT molecular complexity index is 722. The average molecular weight is 350 g/mol. The van der Waals surface area contributed by atoms with Crippen LogP contribution in [0.2, 0.25) is 10.0 Å². The van der Waals surface area contributed by atoms with Gasteiger partial charge in [-0.05, 0) is 43.3 Å². The predicted octanol–water partition coefficient (Wildman–Crippen LogP) is 4.73. The SMILES string of the molecule is CN=C(C)N(C)c1ccc(NC(=O)c2c(Cl)cccc2Cl)cc1. The second-order valence-electron chi connectivity index (χ2n) is 4.93. The largest absolute Gasteiger partial charge is 0.334 e. The van der Waals surface area contributed by atoms with E-state index in [0.29, 0.717) is 15.7 Å². The van der Waals surface area contributed by atoms with Crippen molar-refractivity contribution in [2.24, 2.45) is 4.99 Å². The summed E-state index contributed by atoms with van der Waals surface area (Å²) in [6.07, 6.45) is 0. The Morgan fingerprint density at radius 1 is 1.09 bits per heavy atom. The lowest BCUT2D eigenvalue weighted by Gasteiger charge is -2.18. The average Bonchev–Trinajstić information content (AvgIpc) is 2.54. The van der Waals surface area contributed by atoms with Gasteiger partial charge in [-0.25, -0.2) is 0 Å². The first-order chi connectivity index (χ1) is 10.9. The number of carbonyl (C=O) groups excluding carboxylic acids is 1. The van der Waals surface area contributed by atoms with Crippen LogP contribution in [-0.2, 0) is 0 Å². The highest BCUT2D eigenvalue weighted by Crippen LogP contribution is 2.25. The minimum absolute atomic E-state index is 0.269. The predicted molar refractivity (Wildman–Crippen MR) is 98.3 cm³/mol. The summed E-state index contributed by atoms with van der Waals surface area (Å²) in [6.45, 7) is 1.93. The van der Waals surface area contributed by atoms with E-state index in [1.54, 1.807) is 25.2 Å². The Balaban J connectivity index is 2.17. The molecule has 0 saturated carbocycles. The second-order valence-corrected chi connectivity index (χ2v) is 5.74. The molecule has 0 radical (unpaired) electrons. The minimum atomic E-state index is -0.340. The first-order valence-electron chi connectivity index (χ1n) is 6.96. The number of halogens is 2. The van der Waals surface area contributed by atoms with Crippen molar-refractivity contribution in [2.75, 3.05) is 24.3 Å². The maximum Gasteiger partial charge on any atom is 0.258 e. The molecule has 4 nitrogen and oxygen atoms in total. The van der Waals surface area contributed by atoms with Crippen molar-refractivity contribution < 1.29 is 4.79 Å². The monoisotopic (exact) mass is 349 g/mol. The number of amidine groups is 1. The van der Waals surface area contributed by atoms with Crippen molar-refractivity contribution in [1.29, 1.82) is 0 Å². The van der Waals surface area contributed by atoms with E-state index in [0.717, 1.165) is 11.5 Å². The molecule has 2 rings (SSSR count). The number of nitrogens with one attached hydrogen (secondary N) is 1. The topological polar surface area (TPSA) is 44.7 Å². The third-order valence-electron chi connectivity index (χ3n) is 3.51. The standard InChI is InChI=1S/C17H17Cl2N3O/c1-11(20-2)22(3)13-9-7-12(8-10-13)21-17(23)16-14(18)5-4-6-15(16)19/h4-10H,1-3H3,(H,21,23). The molecule has 2 aromatic rings. The zero-order chi connectivity index (χ0) is 17.0. The highest BCUT2D eigenvalue weighted by Gasteiger charge is 2.14. The summed E-state index contributed by atoms with van der Waals surface area (Å²) in [7, 11) is 3.67. The van der Waals surface area contributed by atoms with Gasteiger partial charge in [-0.3, -0.25) is 9.79 Å². The summed E-state index contributed by atoms with van der Waals surface area (Å²) in [5.41, 5.74) is 1.90. The van der Waals surface area contributed by atoms with Crippen LogP contribution in [0.3, 0.4) is 0 Å². The molecule has 0 aliphatic rings. The molecule has 120 valence electrons. The molecule has 0 fully saturated rings. The fourth-order valence-corrected chi connectivity index (χ4v) is 2.58. The van der Waals surface area contributed by atoms with E-state index in [4.69, 9.17) is 23.2 Å². The normalized spacial score (nSPS) is 11.3. The fourth-order valence-electron chi connectivity index (χ4n) is 2.01. The highest BCUT2D eigenvalue weighted by atomic mass is 35.5. The number of benzene rings is 2. The number of rotatable bonds is 3. The van der Waals surface area contributed by atoms with Crippen molar-refractivity contribution >= 4 is 46.3 Å². The molecule has 0 heterocycles. The molecular formula is C17H17Cl2N3O. The molecule has 1 N–H and O–H groups in total. The number of aliphatic imine (C=N–C) groups is 1. The van der Waals surface area contributed by atoms with E-state index < -0.39 is 0 Å². The molecule has 0 saturated heterocycles. The summed E-state index contributed by atoms with van der Waals surface area (Å²) in [6, 6.07) is 12.4. The molecule has 0 aromatic heterocycles. The Hall–Kier alpha value is -2.04. The first kappa shape index (κ1) is 17.3. The van der Waals surface area contributed by atoms with Crippen molar-refractivity contribution in [3.8, 4) is 0 Å². The first-order valence-corrected chi connectivity index (χ1v) is 7.72. The number of hydrogen-bond acceptors (Lipinski definition) is 2.